The predicted molar refractivity (Wildman–Crippen MR) is 74.7 cm³/mol. The summed E-state index contributed by atoms with van der Waals surface area (Å²) in [5.74, 6) is 5.59. The Balaban J connectivity index is 2.88. The van der Waals surface area contributed by atoms with E-state index in [9.17, 15) is 4.79 Å². The minimum absolute atomic E-state index is 0.169. The highest BCUT2D eigenvalue weighted by atomic mass is 35.5. The summed E-state index contributed by atoms with van der Waals surface area (Å²) in [6.45, 7) is 2.81. The first-order valence-corrected chi connectivity index (χ1v) is 5.97. The molecule has 0 saturated carbocycles. The topological polar surface area (TPSA) is 58.4 Å². The third-order valence-corrected chi connectivity index (χ3v) is 2.69. The number of halogens is 1. The number of benzene rings is 1. The molecule has 4 nitrogen and oxygen atoms in total. The van der Waals surface area contributed by atoms with Gasteiger partial charge in [-0.1, -0.05) is 23.4 Å². The number of nitrogens with two attached hydrogens (primary N) is 1. The van der Waals surface area contributed by atoms with Gasteiger partial charge < -0.3 is 16.0 Å². The van der Waals surface area contributed by atoms with E-state index in [4.69, 9.17) is 17.3 Å². The summed E-state index contributed by atoms with van der Waals surface area (Å²) >= 11 is 5.99. The Kier molecular flexibility index (Phi) is 5.50. The average molecular weight is 266 g/mol. The molecule has 2 amide bonds. The molecule has 0 aliphatic rings. The minimum Gasteiger partial charge on any atom is -0.328 e. The van der Waals surface area contributed by atoms with E-state index < -0.39 is 0 Å². The molecule has 1 aromatic carbocycles. The molecule has 0 radical (unpaired) electrons. The summed E-state index contributed by atoms with van der Waals surface area (Å²) < 4.78 is 0. The quantitative estimate of drug-likeness (QED) is 0.805. The van der Waals surface area contributed by atoms with E-state index in [0.717, 1.165) is 0 Å². The maximum atomic E-state index is 11.7. The van der Waals surface area contributed by atoms with Gasteiger partial charge in [0.1, 0.15) is 0 Å². The van der Waals surface area contributed by atoms with Gasteiger partial charge in [0.15, 0.2) is 0 Å². The Labute approximate surface area is 112 Å². The summed E-state index contributed by atoms with van der Waals surface area (Å²) in [5.41, 5.74) is 6.62. The Hall–Kier alpha value is -1.70. The van der Waals surface area contributed by atoms with E-state index in [1.807, 2.05) is 6.92 Å². The summed E-state index contributed by atoms with van der Waals surface area (Å²) in [5, 5.41) is 3.31. The number of hydrogen-bond donors (Lipinski definition) is 2. The van der Waals surface area contributed by atoms with Crippen LogP contribution in [-0.4, -0.2) is 31.1 Å². The van der Waals surface area contributed by atoms with E-state index >= 15 is 0 Å². The van der Waals surface area contributed by atoms with E-state index in [1.165, 1.54) is 0 Å². The lowest BCUT2D eigenvalue weighted by Crippen LogP contribution is -2.30. The molecular weight excluding hydrogens is 250 g/mol. The highest BCUT2D eigenvalue weighted by Crippen LogP contribution is 2.19. The Morgan fingerprint density at radius 2 is 2.28 bits per heavy atom. The summed E-state index contributed by atoms with van der Waals surface area (Å²) in [4.78, 5) is 13.2. The molecule has 0 fully saturated rings. The van der Waals surface area contributed by atoms with Crippen molar-refractivity contribution < 1.29 is 4.79 Å². The van der Waals surface area contributed by atoms with Crippen molar-refractivity contribution in [2.75, 3.05) is 25.5 Å². The molecule has 1 rings (SSSR count). The van der Waals surface area contributed by atoms with Crippen molar-refractivity contribution in [3.63, 3.8) is 0 Å². The Morgan fingerprint density at radius 3 is 2.89 bits per heavy atom. The number of rotatable bonds is 2. The molecule has 96 valence electrons. The number of carbonyl (C=O) groups is 1. The van der Waals surface area contributed by atoms with Crippen LogP contribution in [0.25, 0.3) is 0 Å². The first-order valence-electron chi connectivity index (χ1n) is 5.59. The maximum absolute atomic E-state index is 11.7. The number of hydrogen-bond acceptors (Lipinski definition) is 2. The van der Waals surface area contributed by atoms with Crippen LogP contribution in [0.4, 0.5) is 10.5 Å². The lowest BCUT2D eigenvalue weighted by molar-refractivity contribution is 0.224. The monoisotopic (exact) mass is 265 g/mol. The molecule has 0 atom stereocenters. The second-order valence-electron chi connectivity index (χ2n) is 3.64. The van der Waals surface area contributed by atoms with Crippen LogP contribution in [-0.2, 0) is 0 Å². The fraction of sp³-hybridized carbons (Fsp3) is 0.308. The van der Waals surface area contributed by atoms with E-state index in [-0.39, 0.29) is 12.6 Å². The number of anilines is 1. The Morgan fingerprint density at radius 1 is 1.56 bits per heavy atom. The number of urea groups is 1. The molecule has 5 heteroatoms. The van der Waals surface area contributed by atoms with Gasteiger partial charge in [-0.3, -0.25) is 0 Å². The Bertz CT molecular complexity index is 491. The van der Waals surface area contributed by atoms with Gasteiger partial charge in [0.2, 0.25) is 0 Å². The fourth-order valence-corrected chi connectivity index (χ4v) is 1.37. The van der Waals surface area contributed by atoms with Gasteiger partial charge in [-0.2, -0.15) is 0 Å². The summed E-state index contributed by atoms with van der Waals surface area (Å²) in [6, 6.07) is 4.99. The van der Waals surface area contributed by atoms with Crippen molar-refractivity contribution >= 4 is 23.3 Å². The van der Waals surface area contributed by atoms with Crippen molar-refractivity contribution in [1.29, 1.82) is 0 Å². The number of nitrogens with zero attached hydrogens (tertiary/aromatic N) is 1. The first-order chi connectivity index (χ1) is 8.58. The molecule has 0 spiro atoms. The van der Waals surface area contributed by atoms with Crippen LogP contribution in [0.15, 0.2) is 18.2 Å². The van der Waals surface area contributed by atoms with Crippen LogP contribution in [0.5, 0.6) is 0 Å². The molecule has 0 bridgehead atoms. The molecule has 18 heavy (non-hydrogen) atoms. The molecule has 0 aliphatic heterocycles. The zero-order valence-electron chi connectivity index (χ0n) is 10.5. The molecule has 1 aromatic rings. The number of amides is 2. The van der Waals surface area contributed by atoms with Crippen LogP contribution < -0.4 is 11.1 Å². The first kappa shape index (κ1) is 14.4. The SMILES string of the molecule is CCN(C)C(=O)Nc1ccc(Cl)c(C#CCN)c1. The van der Waals surface area contributed by atoms with Crippen molar-refractivity contribution in [3.05, 3.63) is 28.8 Å². The normalized spacial score (nSPS) is 9.33. The van der Waals surface area contributed by atoms with Crippen LogP contribution >= 0.6 is 11.6 Å². The fourth-order valence-electron chi connectivity index (χ4n) is 1.21. The van der Waals surface area contributed by atoms with Gasteiger partial charge in [0.05, 0.1) is 11.6 Å². The van der Waals surface area contributed by atoms with Crippen LogP contribution in [0.3, 0.4) is 0 Å². The summed E-state index contributed by atoms with van der Waals surface area (Å²) in [6.07, 6.45) is 0. The smallest absolute Gasteiger partial charge is 0.321 e. The van der Waals surface area contributed by atoms with Gasteiger partial charge in [-0.05, 0) is 25.1 Å². The molecular formula is C13H16ClN3O. The van der Waals surface area contributed by atoms with Crippen molar-refractivity contribution in [2.45, 2.75) is 6.92 Å². The van der Waals surface area contributed by atoms with Crippen molar-refractivity contribution in [3.8, 4) is 11.8 Å². The molecule has 0 saturated heterocycles. The van der Waals surface area contributed by atoms with E-state index in [1.54, 1.807) is 30.1 Å². The highest BCUT2D eigenvalue weighted by molar-refractivity contribution is 6.31. The molecule has 0 aromatic heterocycles. The zero-order valence-corrected chi connectivity index (χ0v) is 11.2. The van der Waals surface area contributed by atoms with Crippen molar-refractivity contribution in [1.82, 2.24) is 4.90 Å². The van der Waals surface area contributed by atoms with Gasteiger partial charge in [-0.25, -0.2) is 4.79 Å². The van der Waals surface area contributed by atoms with Gasteiger partial charge in [0.25, 0.3) is 0 Å². The zero-order chi connectivity index (χ0) is 13.5. The lowest BCUT2D eigenvalue weighted by Gasteiger charge is -2.15. The third-order valence-electron chi connectivity index (χ3n) is 2.36. The van der Waals surface area contributed by atoms with Crippen LogP contribution in [0.1, 0.15) is 12.5 Å². The standard InChI is InChI=1S/C13H16ClN3O/c1-3-17(2)13(18)16-11-6-7-12(14)10(9-11)5-4-8-15/h6-7,9H,3,8,15H2,1-2H3,(H,16,18). The third kappa shape index (κ3) is 3.95. The van der Waals surface area contributed by atoms with Gasteiger partial charge in [-0.15, -0.1) is 0 Å². The second-order valence-corrected chi connectivity index (χ2v) is 4.05. The van der Waals surface area contributed by atoms with Gasteiger partial charge >= 0.3 is 6.03 Å². The summed E-state index contributed by atoms with van der Waals surface area (Å²) in [7, 11) is 1.72. The number of carbonyl (C=O) groups excluding carboxylic acids is 1. The minimum atomic E-state index is -0.169. The predicted octanol–water partition coefficient (Wildman–Crippen LogP) is 2.13. The molecule has 0 unspecified atom stereocenters. The second kappa shape index (κ2) is 6.90. The van der Waals surface area contributed by atoms with E-state index in [0.29, 0.717) is 22.8 Å². The number of nitrogens with one attached hydrogen (secondary N) is 1. The van der Waals surface area contributed by atoms with Crippen molar-refractivity contribution in [2.24, 2.45) is 5.73 Å². The van der Waals surface area contributed by atoms with E-state index in [2.05, 4.69) is 17.2 Å². The van der Waals surface area contributed by atoms with Crippen LogP contribution in [0, 0.1) is 11.8 Å². The van der Waals surface area contributed by atoms with Crippen LogP contribution in [0.2, 0.25) is 5.02 Å². The molecule has 3 N–H and O–H groups in total. The maximum Gasteiger partial charge on any atom is 0.321 e. The average Bonchev–Trinajstić information content (AvgIpc) is 2.38. The molecule has 0 aliphatic carbocycles. The highest BCUT2D eigenvalue weighted by Gasteiger charge is 2.07. The largest absolute Gasteiger partial charge is 0.328 e. The van der Waals surface area contributed by atoms with Gasteiger partial charge in [0, 0.05) is 24.8 Å². The molecule has 0 heterocycles. The lowest BCUT2D eigenvalue weighted by atomic mass is 10.2.